The van der Waals surface area contributed by atoms with E-state index in [1.165, 1.54) is 19.2 Å². The number of esters is 1. The number of aryl methyl sites for hydroxylation is 1. The van der Waals surface area contributed by atoms with Gasteiger partial charge >= 0.3 is 5.97 Å². The summed E-state index contributed by atoms with van der Waals surface area (Å²) < 4.78 is 29.8. The lowest BCUT2D eigenvalue weighted by atomic mass is 10.1. The van der Waals surface area contributed by atoms with Gasteiger partial charge in [-0.1, -0.05) is 12.1 Å². The van der Waals surface area contributed by atoms with Crippen LogP contribution in [0.15, 0.2) is 42.5 Å². The minimum atomic E-state index is -3.45. The summed E-state index contributed by atoms with van der Waals surface area (Å²) in [6.45, 7) is 1.73. The van der Waals surface area contributed by atoms with Crippen LogP contribution >= 0.6 is 0 Å². The highest BCUT2D eigenvalue weighted by molar-refractivity contribution is 7.92. The van der Waals surface area contributed by atoms with Crippen molar-refractivity contribution in [2.24, 2.45) is 0 Å². The highest BCUT2D eigenvalue weighted by Crippen LogP contribution is 2.19. The molecule has 0 bridgehead atoms. The van der Waals surface area contributed by atoms with Crippen molar-refractivity contribution < 1.29 is 22.7 Å². The smallest absolute Gasteiger partial charge is 0.337 e. The second-order valence-corrected chi connectivity index (χ2v) is 7.18. The molecule has 2 N–H and O–H groups in total. The Morgan fingerprint density at radius 3 is 2.40 bits per heavy atom. The van der Waals surface area contributed by atoms with Crippen molar-refractivity contribution in [3.8, 4) is 0 Å². The number of ether oxygens (including phenoxy) is 1. The molecule has 0 aliphatic rings. The molecule has 25 heavy (non-hydrogen) atoms. The molecular formula is C17H18N2O5S. The van der Waals surface area contributed by atoms with Gasteiger partial charge in [0.25, 0.3) is 5.91 Å². The number of hydrogen-bond donors (Lipinski definition) is 2. The first kappa shape index (κ1) is 18.5. The van der Waals surface area contributed by atoms with Gasteiger partial charge in [-0.3, -0.25) is 9.52 Å². The van der Waals surface area contributed by atoms with Gasteiger partial charge < -0.3 is 10.1 Å². The molecule has 0 spiro atoms. The van der Waals surface area contributed by atoms with Gasteiger partial charge in [-0.25, -0.2) is 13.2 Å². The predicted molar refractivity (Wildman–Crippen MR) is 95.4 cm³/mol. The minimum absolute atomic E-state index is 0.278. The topological polar surface area (TPSA) is 102 Å². The van der Waals surface area contributed by atoms with E-state index in [4.69, 9.17) is 0 Å². The predicted octanol–water partition coefficient (Wildman–Crippen LogP) is 2.41. The summed E-state index contributed by atoms with van der Waals surface area (Å²) in [4.78, 5) is 23.9. The molecule has 0 heterocycles. The number of methoxy groups -OCH3 is 1. The van der Waals surface area contributed by atoms with E-state index in [9.17, 15) is 18.0 Å². The molecule has 0 aliphatic heterocycles. The van der Waals surface area contributed by atoms with Crippen molar-refractivity contribution in [2.75, 3.05) is 23.4 Å². The van der Waals surface area contributed by atoms with Crippen molar-refractivity contribution in [1.82, 2.24) is 0 Å². The van der Waals surface area contributed by atoms with E-state index in [-0.39, 0.29) is 5.56 Å². The molecule has 2 aromatic carbocycles. The van der Waals surface area contributed by atoms with E-state index in [2.05, 4.69) is 14.8 Å². The summed E-state index contributed by atoms with van der Waals surface area (Å²) in [6.07, 6.45) is 1.04. The van der Waals surface area contributed by atoms with Gasteiger partial charge in [-0.15, -0.1) is 0 Å². The van der Waals surface area contributed by atoms with Crippen molar-refractivity contribution in [1.29, 1.82) is 0 Å². The summed E-state index contributed by atoms with van der Waals surface area (Å²) in [5.41, 5.74) is 2.03. The molecule has 0 radical (unpaired) electrons. The number of anilines is 2. The molecule has 7 nitrogen and oxygen atoms in total. The van der Waals surface area contributed by atoms with Crippen LogP contribution in [0.1, 0.15) is 26.3 Å². The molecule has 0 unspecified atom stereocenters. The van der Waals surface area contributed by atoms with E-state index in [0.29, 0.717) is 22.5 Å². The molecule has 0 saturated carbocycles. The van der Waals surface area contributed by atoms with Gasteiger partial charge in [-0.2, -0.15) is 0 Å². The Bertz CT molecular complexity index is 922. The van der Waals surface area contributed by atoms with Gasteiger partial charge in [0.1, 0.15) is 0 Å². The van der Waals surface area contributed by atoms with Gasteiger partial charge in [0, 0.05) is 11.3 Å². The average Bonchev–Trinajstić information content (AvgIpc) is 2.55. The van der Waals surface area contributed by atoms with Crippen LogP contribution in [-0.4, -0.2) is 33.7 Å². The van der Waals surface area contributed by atoms with Gasteiger partial charge in [0.05, 0.1) is 24.6 Å². The summed E-state index contributed by atoms with van der Waals surface area (Å²) in [6, 6.07) is 11.0. The maximum Gasteiger partial charge on any atom is 0.337 e. The number of sulfonamides is 1. The van der Waals surface area contributed by atoms with Crippen molar-refractivity contribution in [3.63, 3.8) is 0 Å². The lowest BCUT2D eigenvalue weighted by Gasteiger charge is -2.11. The van der Waals surface area contributed by atoms with E-state index in [1.807, 2.05) is 0 Å². The van der Waals surface area contributed by atoms with E-state index < -0.39 is 21.9 Å². The lowest BCUT2D eigenvalue weighted by molar-refractivity contribution is 0.0600. The van der Waals surface area contributed by atoms with Crippen LogP contribution in [0.3, 0.4) is 0 Å². The first-order chi connectivity index (χ1) is 11.7. The van der Waals surface area contributed by atoms with Crippen LogP contribution in [0.2, 0.25) is 0 Å². The fourth-order valence-corrected chi connectivity index (χ4v) is 2.74. The number of carbonyl (C=O) groups excluding carboxylic acids is 2. The zero-order valence-corrected chi connectivity index (χ0v) is 14.8. The highest BCUT2D eigenvalue weighted by atomic mass is 32.2. The maximum absolute atomic E-state index is 12.4. The third-order valence-electron chi connectivity index (χ3n) is 3.34. The monoisotopic (exact) mass is 362 g/mol. The Morgan fingerprint density at radius 2 is 1.76 bits per heavy atom. The van der Waals surface area contributed by atoms with Crippen LogP contribution < -0.4 is 10.0 Å². The summed E-state index contributed by atoms with van der Waals surface area (Å²) in [7, 11) is -2.18. The van der Waals surface area contributed by atoms with Crippen molar-refractivity contribution in [2.45, 2.75) is 6.92 Å². The number of benzene rings is 2. The van der Waals surface area contributed by atoms with E-state index in [1.54, 1.807) is 37.3 Å². The Balaban J connectivity index is 2.24. The molecule has 0 saturated heterocycles. The first-order valence-electron chi connectivity index (χ1n) is 7.28. The zero-order valence-electron chi connectivity index (χ0n) is 14.0. The number of amides is 1. The molecule has 8 heteroatoms. The van der Waals surface area contributed by atoms with Gasteiger partial charge in [-0.05, 0) is 42.8 Å². The molecule has 0 aromatic heterocycles. The fraction of sp³-hybridized carbons (Fsp3) is 0.176. The number of rotatable bonds is 5. The lowest BCUT2D eigenvalue weighted by Crippen LogP contribution is -2.15. The number of carbonyl (C=O) groups is 2. The van der Waals surface area contributed by atoms with Crippen LogP contribution in [0.25, 0.3) is 0 Å². The average molecular weight is 362 g/mol. The molecule has 132 valence electrons. The quantitative estimate of drug-likeness (QED) is 0.795. The van der Waals surface area contributed by atoms with Gasteiger partial charge in [0.15, 0.2) is 0 Å². The van der Waals surface area contributed by atoms with Crippen LogP contribution in [-0.2, 0) is 14.8 Å². The minimum Gasteiger partial charge on any atom is -0.465 e. The molecule has 0 aliphatic carbocycles. The molecular weight excluding hydrogens is 344 g/mol. The summed E-state index contributed by atoms with van der Waals surface area (Å²) >= 11 is 0. The van der Waals surface area contributed by atoms with Crippen molar-refractivity contribution >= 4 is 33.3 Å². The van der Waals surface area contributed by atoms with E-state index >= 15 is 0 Å². The molecule has 1 amide bonds. The molecule has 0 fully saturated rings. The Kier molecular flexibility index (Phi) is 5.43. The number of nitrogens with one attached hydrogen (secondary N) is 2. The second kappa shape index (κ2) is 7.35. The van der Waals surface area contributed by atoms with Gasteiger partial charge in [0.2, 0.25) is 10.0 Å². The Morgan fingerprint density at radius 1 is 1.04 bits per heavy atom. The standard InChI is InChI=1S/C17H18N2O5S/c1-11-7-8-12(10-15(11)19-25(3,22)23)16(20)18-14-6-4-5-13(9-14)17(21)24-2/h4-10,19H,1-3H3,(H,18,20). The highest BCUT2D eigenvalue weighted by Gasteiger charge is 2.12. The zero-order chi connectivity index (χ0) is 18.6. The van der Waals surface area contributed by atoms with Crippen molar-refractivity contribution in [3.05, 3.63) is 59.2 Å². The molecule has 2 aromatic rings. The largest absolute Gasteiger partial charge is 0.465 e. The van der Waals surface area contributed by atoms with Crippen LogP contribution in [0, 0.1) is 6.92 Å². The summed E-state index contributed by atoms with van der Waals surface area (Å²) in [5, 5.41) is 2.66. The number of hydrogen-bond acceptors (Lipinski definition) is 5. The molecule has 0 atom stereocenters. The third-order valence-corrected chi connectivity index (χ3v) is 3.93. The summed E-state index contributed by atoms with van der Waals surface area (Å²) in [5.74, 6) is -0.940. The van der Waals surface area contributed by atoms with Crippen LogP contribution in [0.4, 0.5) is 11.4 Å². The second-order valence-electron chi connectivity index (χ2n) is 5.43. The SMILES string of the molecule is COC(=O)c1cccc(NC(=O)c2ccc(C)c(NS(C)(=O)=O)c2)c1. The molecule has 2 rings (SSSR count). The fourth-order valence-electron chi connectivity index (χ4n) is 2.12. The third kappa shape index (κ3) is 5.05. The van der Waals surface area contributed by atoms with Crippen LogP contribution in [0.5, 0.6) is 0 Å². The first-order valence-corrected chi connectivity index (χ1v) is 9.17. The maximum atomic E-state index is 12.4. The Hall–Kier alpha value is -2.87. The Labute approximate surface area is 146 Å². The normalized spacial score (nSPS) is 10.8. The van der Waals surface area contributed by atoms with E-state index in [0.717, 1.165) is 6.26 Å².